The number of rotatable bonds is 4. The fraction of sp³-hybridized carbons (Fsp3) is 0.455. The molecule has 3 heterocycles. The Morgan fingerprint density at radius 3 is 2.55 bits per heavy atom. The van der Waals surface area contributed by atoms with Gasteiger partial charge in [0.15, 0.2) is 0 Å². The van der Waals surface area contributed by atoms with Crippen LogP contribution in [0.3, 0.4) is 0 Å². The quantitative estimate of drug-likeness (QED) is 0.618. The summed E-state index contributed by atoms with van der Waals surface area (Å²) in [6, 6.07) is 7.59. The van der Waals surface area contributed by atoms with E-state index in [1.807, 2.05) is 27.7 Å². The summed E-state index contributed by atoms with van der Waals surface area (Å²) in [5.41, 5.74) is 1.57. The fourth-order valence-corrected chi connectivity index (χ4v) is 4.64. The van der Waals surface area contributed by atoms with Crippen LogP contribution in [0.25, 0.3) is 11.3 Å². The summed E-state index contributed by atoms with van der Waals surface area (Å²) in [5, 5.41) is 9.16. The molecule has 31 heavy (non-hydrogen) atoms. The van der Waals surface area contributed by atoms with E-state index in [1.54, 1.807) is 20.0 Å². The molecule has 5 rings (SSSR count). The van der Waals surface area contributed by atoms with E-state index in [2.05, 4.69) is 10.3 Å². The number of nitrogens with zero attached hydrogens (tertiary/aromatic N) is 5. The molecule has 3 aromatic rings. The number of aryl methyl sites for hydroxylation is 2. The lowest BCUT2D eigenvalue weighted by atomic mass is 9.95. The number of carbonyl (C=O) groups is 1. The highest BCUT2D eigenvalue weighted by Crippen LogP contribution is 2.38. The van der Waals surface area contributed by atoms with E-state index in [1.165, 1.54) is 4.68 Å². The largest absolute Gasteiger partial charge is 0.360 e. The Hall–Kier alpha value is -2.87. The number of halogens is 1. The van der Waals surface area contributed by atoms with Crippen LogP contribution in [0.15, 0.2) is 33.6 Å². The van der Waals surface area contributed by atoms with Gasteiger partial charge in [0.1, 0.15) is 22.8 Å². The van der Waals surface area contributed by atoms with Crippen LogP contribution in [0.1, 0.15) is 59.6 Å². The first kappa shape index (κ1) is 20.1. The maximum Gasteiger partial charge on any atom is 0.345 e. The van der Waals surface area contributed by atoms with Gasteiger partial charge < -0.3 is 9.42 Å². The predicted molar refractivity (Wildman–Crippen MR) is 115 cm³/mol. The monoisotopic (exact) mass is 441 g/mol. The van der Waals surface area contributed by atoms with Crippen LogP contribution in [0.2, 0.25) is 5.02 Å². The average molecular weight is 442 g/mol. The van der Waals surface area contributed by atoms with Crippen molar-refractivity contribution in [3.05, 3.63) is 56.9 Å². The highest BCUT2D eigenvalue weighted by Gasteiger charge is 2.35. The number of carbonyl (C=O) groups excluding carboxylic acids is 1. The maximum atomic E-state index is 13.4. The smallest absolute Gasteiger partial charge is 0.345 e. The van der Waals surface area contributed by atoms with Crippen LogP contribution in [0.4, 0.5) is 0 Å². The van der Waals surface area contributed by atoms with Gasteiger partial charge in [-0.2, -0.15) is 5.10 Å². The second-order valence-corrected chi connectivity index (χ2v) is 8.78. The lowest BCUT2D eigenvalue weighted by Gasteiger charge is -2.31. The number of hydrogen-bond donors (Lipinski definition) is 0. The van der Waals surface area contributed by atoms with Crippen LogP contribution in [0.5, 0.6) is 0 Å². The van der Waals surface area contributed by atoms with Crippen LogP contribution in [-0.4, -0.2) is 43.4 Å². The zero-order valence-electron chi connectivity index (χ0n) is 17.5. The van der Waals surface area contributed by atoms with Crippen LogP contribution in [0, 0.1) is 6.92 Å². The Labute approximate surface area is 184 Å². The van der Waals surface area contributed by atoms with Gasteiger partial charge in [-0.25, -0.2) is 9.48 Å². The molecule has 162 valence electrons. The van der Waals surface area contributed by atoms with Gasteiger partial charge in [-0.05, 0) is 38.7 Å². The van der Waals surface area contributed by atoms with Crippen molar-refractivity contribution in [3.8, 4) is 11.3 Å². The molecular formula is C22H24ClN5O3. The summed E-state index contributed by atoms with van der Waals surface area (Å²) < 4.78 is 8.66. The topological polar surface area (TPSA) is 86.2 Å². The average Bonchev–Trinajstić information content (AvgIpc) is 3.47. The van der Waals surface area contributed by atoms with Crippen molar-refractivity contribution in [2.45, 2.75) is 44.6 Å². The summed E-state index contributed by atoms with van der Waals surface area (Å²) in [7, 11) is 1.70. The SMILES string of the molecule is Cc1onc(-c2ccccc2Cl)c1C(=O)N1CCC(c2nn(C)c(=O)n2C2CC2)CC1. The van der Waals surface area contributed by atoms with E-state index in [9.17, 15) is 9.59 Å². The highest BCUT2D eigenvalue weighted by atomic mass is 35.5. The first-order chi connectivity index (χ1) is 15.0. The minimum absolute atomic E-state index is 0.0412. The number of aromatic nitrogens is 4. The van der Waals surface area contributed by atoms with Gasteiger partial charge in [-0.15, -0.1) is 0 Å². The summed E-state index contributed by atoms with van der Waals surface area (Å²) in [4.78, 5) is 27.7. The zero-order chi connectivity index (χ0) is 21.7. The number of likely N-dealkylation sites (tertiary alicyclic amines) is 1. The summed E-state index contributed by atoms with van der Waals surface area (Å²) >= 11 is 6.33. The van der Waals surface area contributed by atoms with Crippen molar-refractivity contribution in [3.63, 3.8) is 0 Å². The van der Waals surface area contributed by atoms with E-state index in [0.717, 1.165) is 31.5 Å². The molecule has 0 radical (unpaired) electrons. The molecule has 0 unspecified atom stereocenters. The van der Waals surface area contributed by atoms with Crippen LogP contribution < -0.4 is 5.69 Å². The summed E-state index contributed by atoms with van der Waals surface area (Å²) in [6.45, 7) is 2.92. The summed E-state index contributed by atoms with van der Waals surface area (Å²) in [6.07, 6.45) is 3.60. The van der Waals surface area contributed by atoms with Crippen LogP contribution >= 0.6 is 11.6 Å². The maximum absolute atomic E-state index is 13.4. The number of benzene rings is 1. The third-order valence-electron chi connectivity index (χ3n) is 6.25. The minimum atomic E-state index is -0.104. The Balaban J connectivity index is 1.36. The van der Waals surface area contributed by atoms with E-state index >= 15 is 0 Å². The molecule has 1 saturated heterocycles. The lowest BCUT2D eigenvalue weighted by Crippen LogP contribution is -2.39. The number of amides is 1. The molecular weight excluding hydrogens is 418 g/mol. The van der Waals surface area contributed by atoms with Gasteiger partial charge in [0, 0.05) is 37.7 Å². The fourth-order valence-electron chi connectivity index (χ4n) is 4.41. The molecule has 1 aromatic carbocycles. The van der Waals surface area contributed by atoms with Crippen molar-refractivity contribution in [2.24, 2.45) is 7.05 Å². The normalized spacial score (nSPS) is 17.3. The molecule has 8 nitrogen and oxygen atoms in total. The molecule has 0 spiro atoms. The van der Waals surface area contributed by atoms with E-state index < -0.39 is 0 Å². The molecule has 1 aliphatic heterocycles. The van der Waals surface area contributed by atoms with Crippen molar-refractivity contribution in [1.82, 2.24) is 24.4 Å². The zero-order valence-corrected chi connectivity index (χ0v) is 18.3. The highest BCUT2D eigenvalue weighted by molar-refractivity contribution is 6.33. The Kier molecular flexibility index (Phi) is 4.97. The standard InChI is InChI=1S/C22H24ClN5O3/c1-13-18(19(25-31-13)16-5-3-4-6-17(16)23)21(29)27-11-9-14(10-12-27)20-24-26(2)22(30)28(20)15-7-8-15/h3-6,14-15H,7-12H2,1-2H3. The number of hydrogen-bond acceptors (Lipinski definition) is 5. The van der Waals surface area contributed by atoms with Crippen LogP contribution in [-0.2, 0) is 7.05 Å². The van der Waals surface area contributed by atoms with E-state index in [4.69, 9.17) is 16.1 Å². The Bertz CT molecular complexity index is 1200. The molecule has 0 bridgehead atoms. The van der Waals surface area contributed by atoms with Gasteiger partial charge in [-0.1, -0.05) is 35.0 Å². The molecule has 9 heteroatoms. The molecule has 2 aromatic heterocycles. The second kappa shape index (κ2) is 7.67. The summed E-state index contributed by atoms with van der Waals surface area (Å²) in [5.74, 6) is 1.41. The first-order valence-electron chi connectivity index (χ1n) is 10.6. The van der Waals surface area contributed by atoms with Gasteiger partial charge >= 0.3 is 5.69 Å². The van der Waals surface area contributed by atoms with Crippen molar-refractivity contribution < 1.29 is 9.32 Å². The molecule has 0 atom stereocenters. The molecule has 2 fully saturated rings. The lowest BCUT2D eigenvalue weighted by molar-refractivity contribution is 0.0709. The van der Waals surface area contributed by atoms with E-state index in [0.29, 0.717) is 40.7 Å². The van der Waals surface area contributed by atoms with Crippen molar-refractivity contribution >= 4 is 17.5 Å². The first-order valence-corrected chi connectivity index (χ1v) is 11.0. The Morgan fingerprint density at radius 2 is 1.87 bits per heavy atom. The van der Waals surface area contributed by atoms with Crippen molar-refractivity contribution in [1.29, 1.82) is 0 Å². The van der Waals surface area contributed by atoms with Gasteiger partial charge in [0.2, 0.25) is 0 Å². The molecule has 2 aliphatic rings. The second-order valence-electron chi connectivity index (χ2n) is 8.37. The molecule has 0 N–H and O–H groups in total. The predicted octanol–water partition coefficient (Wildman–Crippen LogP) is 3.55. The third-order valence-corrected chi connectivity index (χ3v) is 6.58. The number of piperidine rings is 1. The van der Waals surface area contributed by atoms with E-state index in [-0.39, 0.29) is 23.6 Å². The van der Waals surface area contributed by atoms with Gasteiger partial charge in [0.05, 0.1) is 5.02 Å². The molecule has 1 amide bonds. The molecule has 1 aliphatic carbocycles. The Morgan fingerprint density at radius 1 is 1.16 bits per heavy atom. The minimum Gasteiger partial charge on any atom is -0.360 e. The third kappa shape index (κ3) is 3.48. The van der Waals surface area contributed by atoms with Gasteiger partial charge in [-0.3, -0.25) is 9.36 Å². The van der Waals surface area contributed by atoms with Gasteiger partial charge in [0.25, 0.3) is 5.91 Å². The van der Waals surface area contributed by atoms with Crippen molar-refractivity contribution in [2.75, 3.05) is 13.1 Å². The molecule has 1 saturated carbocycles.